The van der Waals surface area contributed by atoms with Gasteiger partial charge >= 0.3 is 0 Å². The largest absolute Gasteiger partial charge is 0.383 e. The Bertz CT molecular complexity index is 566. The van der Waals surface area contributed by atoms with Crippen molar-refractivity contribution in [1.29, 1.82) is 0 Å². The van der Waals surface area contributed by atoms with Gasteiger partial charge in [0.15, 0.2) is 0 Å². The predicted octanol–water partition coefficient (Wildman–Crippen LogP) is 3.01. The number of aromatic nitrogens is 2. The van der Waals surface area contributed by atoms with E-state index < -0.39 is 0 Å². The Morgan fingerprint density at radius 3 is 2.79 bits per heavy atom. The van der Waals surface area contributed by atoms with Gasteiger partial charge in [0.25, 0.3) is 0 Å². The number of aryl methyl sites for hydroxylation is 1. The lowest BCUT2D eigenvalue weighted by molar-refractivity contribution is 0.150. The molecule has 0 fully saturated rings. The number of anilines is 1. The molecule has 0 aliphatic rings. The van der Waals surface area contributed by atoms with Gasteiger partial charge < -0.3 is 10.5 Å². The fourth-order valence-electron chi connectivity index (χ4n) is 2.04. The minimum absolute atomic E-state index is 0.657. The minimum atomic E-state index is 0.657. The third-order valence-electron chi connectivity index (χ3n) is 2.99. The number of halogens is 1. The molecule has 1 aromatic heterocycles. The van der Waals surface area contributed by atoms with Crippen molar-refractivity contribution in [2.24, 2.45) is 7.05 Å². The van der Waals surface area contributed by atoms with Crippen LogP contribution in [-0.2, 0) is 18.2 Å². The van der Waals surface area contributed by atoms with Crippen LogP contribution < -0.4 is 5.73 Å². The van der Waals surface area contributed by atoms with Crippen LogP contribution >= 0.6 is 15.9 Å². The lowest BCUT2D eigenvalue weighted by atomic mass is 10.0. The molecule has 0 radical (unpaired) electrons. The molecule has 2 N–H and O–H groups in total. The molecule has 0 unspecified atom stereocenters. The first-order chi connectivity index (χ1) is 9.15. The molecule has 1 aromatic carbocycles. The van der Waals surface area contributed by atoms with Crippen LogP contribution in [-0.4, -0.2) is 23.0 Å². The molecule has 19 heavy (non-hydrogen) atoms. The van der Waals surface area contributed by atoms with Crippen LogP contribution in [0.3, 0.4) is 0 Å². The van der Waals surface area contributed by atoms with Crippen LogP contribution in [0.15, 0.2) is 28.7 Å². The standard InChI is InChI=1S/C14H18BrN3O/c1-3-19-9-8-12-13(14(16)18(2)17-12)10-6-4-5-7-11(10)15/h4-7H,3,8-9,16H2,1-2H3. The summed E-state index contributed by atoms with van der Waals surface area (Å²) in [6, 6.07) is 8.04. The molecule has 5 heteroatoms. The molecule has 0 atom stereocenters. The zero-order valence-corrected chi connectivity index (χ0v) is 12.8. The highest BCUT2D eigenvalue weighted by Gasteiger charge is 2.17. The second kappa shape index (κ2) is 6.21. The fraction of sp³-hybridized carbons (Fsp3) is 0.357. The Hall–Kier alpha value is -1.33. The van der Waals surface area contributed by atoms with E-state index in [0.717, 1.165) is 27.7 Å². The summed E-state index contributed by atoms with van der Waals surface area (Å²) < 4.78 is 8.14. The molecule has 2 aromatic rings. The summed E-state index contributed by atoms with van der Waals surface area (Å²) in [6.07, 6.45) is 0.759. The van der Waals surface area contributed by atoms with Crippen LogP contribution in [0.2, 0.25) is 0 Å². The van der Waals surface area contributed by atoms with Crippen molar-refractivity contribution < 1.29 is 4.74 Å². The molecule has 0 amide bonds. The SMILES string of the molecule is CCOCCc1nn(C)c(N)c1-c1ccccc1Br. The Labute approximate surface area is 121 Å². The van der Waals surface area contributed by atoms with Gasteiger partial charge in [0.1, 0.15) is 5.82 Å². The van der Waals surface area contributed by atoms with Crippen molar-refractivity contribution >= 4 is 21.7 Å². The predicted molar refractivity (Wildman–Crippen MR) is 81.0 cm³/mol. The summed E-state index contributed by atoms with van der Waals surface area (Å²) in [7, 11) is 1.86. The number of nitrogen functional groups attached to an aromatic ring is 1. The molecule has 0 saturated carbocycles. The van der Waals surface area contributed by atoms with Crippen molar-refractivity contribution in [3.8, 4) is 11.1 Å². The third kappa shape index (κ3) is 2.98. The number of rotatable bonds is 5. The van der Waals surface area contributed by atoms with Crippen molar-refractivity contribution in [2.45, 2.75) is 13.3 Å². The van der Waals surface area contributed by atoms with E-state index in [4.69, 9.17) is 10.5 Å². The molecular formula is C14H18BrN3O. The van der Waals surface area contributed by atoms with Crippen molar-refractivity contribution in [2.75, 3.05) is 18.9 Å². The molecule has 1 heterocycles. The number of nitrogens with zero attached hydrogens (tertiary/aromatic N) is 2. The lowest BCUT2D eigenvalue weighted by Crippen LogP contribution is -2.00. The quantitative estimate of drug-likeness (QED) is 0.860. The van der Waals surface area contributed by atoms with Crippen molar-refractivity contribution in [3.05, 3.63) is 34.4 Å². The first-order valence-electron chi connectivity index (χ1n) is 6.29. The van der Waals surface area contributed by atoms with Gasteiger partial charge in [0, 0.05) is 35.7 Å². The average molecular weight is 324 g/mol. The summed E-state index contributed by atoms with van der Waals surface area (Å²) in [5.74, 6) is 0.679. The normalized spacial score (nSPS) is 10.9. The van der Waals surface area contributed by atoms with Gasteiger partial charge in [0.2, 0.25) is 0 Å². The third-order valence-corrected chi connectivity index (χ3v) is 3.69. The van der Waals surface area contributed by atoms with E-state index in [0.29, 0.717) is 19.0 Å². The molecular weight excluding hydrogens is 306 g/mol. The maximum atomic E-state index is 6.15. The first-order valence-corrected chi connectivity index (χ1v) is 7.08. The van der Waals surface area contributed by atoms with E-state index in [9.17, 15) is 0 Å². The van der Waals surface area contributed by atoms with Crippen molar-refractivity contribution in [1.82, 2.24) is 9.78 Å². The number of benzene rings is 1. The number of nitrogens with two attached hydrogens (primary N) is 1. The van der Waals surface area contributed by atoms with Gasteiger partial charge in [-0.1, -0.05) is 34.1 Å². The topological polar surface area (TPSA) is 53.1 Å². The Balaban J connectivity index is 2.41. The Morgan fingerprint density at radius 1 is 1.37 bits per heavy atom. The summed E-state index contributed by atoms with van der Waals surface area (Å²) in [5, 5.41) is 4.49. The van der Waals surface area contributed by atoms with Crippen LogP contribution in [0.25, 0.3) is 11.1 Å². The highest BCUT2D eigenvalue weighted by atomic mass is 79.9. The van der Waals surface area contributed by atoms with E-state index in [1.165, 1.54) is 0 Å². The zero-order chi connectivity index (χ0) is 13.8. The van der Waals surface area contributed by atoms with E-state index in [1.54, 1.807) is 4.68 Å². The molecule has 0 spiro atoms. The number of ether oxygens (including phenoxy) is 1. The van der Waals surface area contributed by atoms with Crippen molar-refractivity contribution in [3.63, 3.8) is 0 Å². The monoisotopic (exact) mass is 323 g/mol. The highest BCUT2D eigenvalue weighted by Crippen LogP contribution is 2.34. The number of hydrogen-bond acceptors (Lipinski definition) is 3. The molecule has 4 nitrogen and oxygen atoms in total. The zero-order valence-electron chi connectivity index (χ0n) is 11.2. The smallest absolute Gasteiger partial charge is 0.129 e. The fourth-order valence-corrected chi connectivity index (χ4v) is 2.52. The van der Waals surface area contributed by atoms with Gasteiger partial charge in [-0.25, -0.2) is 0 Å². The molecule has 102 valence electrons. The van der Waals surface area contributed by atoms with Crippen LogP contribution in [0, 0.1) is 0 Å². The van der Waals surface area contributed by atoms with Gasteiger partial charge in [-0.2, -0.15) is 5.10 Å². The minimum Gasteiger partial charge on any atom is -0.383 e. The van der Waals surface area contributed by atoms with E-state index in [1.807, 2.05) is 38.2 Å². The summed E-state index contributed by atoms with van der Waals surface area (Å²) in [5.41, 5.74) is 9.18. The maximum Gasteiger partial charge on any atom is 0.129 e. The first kappa shape index (κ1) is 14.1. The van der Waals surface area contributed by atoms with Gasteiger partial charge in [-0.05, 0) is 13.0 Å². The second-order valence-corrected chi connectivity index (χ2v) is 5.11. The maximum absolute atomic E-state index is 6.15. The van der Waals surface area contributed by atoms with Gasteiger partial charge in [-0.3, -0.25) is 4.68 Å². The average Bonchev–Trinajstić information content (AvgIpc) is 2.67. The molecule has 0 aliphatic carbocycles. The van der Waals surface area contributed by atoms with E-state index in [-0.39, 0.29) is 0 Å². The second-order valence-electron chi connectivity index (χ2n) is 4.26. The lowest BCUT2D eigenvalue weighted by Gasteiger charge is -2.06. The van der Waals surface area contributed by atoms with Crippen LogP contribution in [0.4, 0.5) is 5.82 Å². The molecule has 0 aliphatic heterocycles. The molecule has 0 bridgehead atoms. The summed E-state index contributed by atoms with van der Waals surface area (Å²) in [4.78, 5) is 0. The summed E-state index contributed by atoms with van der Waals surface area (Å²) in [6.45, 7) is 3.36. The van der Waals surface area contributed by atoms with E-state index >= 15 is 0 Å². The Kier molecular flexibility index (Phi) is 4.61. The van der Waals surface area contributed by atoms with E-state index in [2.05, 4.69) is 21.0 Å². The van der Waals surface area contributed by atoms with Crippen LogP contribution in [0.5, 0.6) is 0 Å². The highest BCUT2D eigenvalue weighted by molar-refractivity contribution is 9.10. The number of hydrogen-bond donors (Lipinski definition) is 1. The van der Waals surface area contributed by atoms with Gasteiger partial charge in [-0.15, -0.1) is 0 Å². The van der Waals surface area contributed by atoms with Crippen LogP contribution in [0.1, 0.15) is 12.6 Å². The molecule has 2 rings (SSSR count). The summed E-state index contributed by atoms with van der Waals surface area (Å²) >= 11 is 3.57. The molecule has 0 saturated heterocycles. The Morgan fingerprint density at radius 2 is 2.11 bits per heavy atom. The van der Waals surface area contributed by atoms with Gasteiger partial charge in [0.05, 0.1) is 12.3 Å².